The Bertz CT molecular complexity index is 1260. The molecule has 0 aliphatic carbocycles. The number of benzene rings is 5. The Hall–Kier alpha value is -3.90. The third-order valence-corrected chi connectivity index (χ3v) is 7.33. The van der Waals surface area contributed by atoms with Crippen LogP contribution < -0.4 is 0 Å². The Kier molecular flexibility index (Phi) is 29.3. The number of rotatable bonds is 7. The van der Waals surface area contributed by atoms with E-state index in [1.54, 1.807) is 0 Å². The van der Waals surface area contributed by atoms with E-state index in [1.165, 1.54) is 55.6 Å². The molecule has 262 valence electrons. The molecular formula is C48H70. The molecule has 0 aromatic heterocycles. The molecule has 0 saturated carbocycles. The average molecular weight is 647 g/mol. The topological polar surface area (TPSA) is 0 Å². The highest BCUT2D eigenvalue weighted by atomic mass is 14.1. The molecule has 0 nitrogen and oxygen atoms in total. The van der Waals surface area contributed by atoms with Gasteiger partial charge in [-0.2, -0.15) is 0 Å². The van der Waals surface area contributed by atoms with E-state index in [4.69, 9.17) is 0 Å². The molecule has 0 heterocycles. The maximum atomic E-state index is 2.21. The minimum atomic E-state index is 1.09. The summed E-state index contributed by atoms with van der Waals surface area (Å²) in [5, 5.41) is 0. The lowest BCUT2D eigenvalue weighted by Gasteiger charge is -2.06. The summed E-state index contributed by atoms with van der Waals surface area (Å²) >= 11 is 0. The fraction of sp³-hybridized carbons (Fsp3) is 0.375. The van der Waals surface area contributed by atoms with Gasteiger partial charge in [-0.15, -0.1) is 0 Å². The van der Waals surface area contributed by atoms with E-state index in [0.717, 1.165) is 25.7 Å². The summed E-state index contributed by atoms with van der Waals surface area (Å²) in [6, 6.07) is 44.2. The first-order chi connectivity index (χ1) is 23.6. The Morgan fingerprint density at radius 3 is 0.417 bits per heavy atom. The second-order valence-corrected chi connectivity index (χ2v) is 9.78. The van der Waals surface area contributed by atoms with Crippen LogP contribution in [0.15, 0.2) is 121 Å². The third-order valence-electron chi connectivity index (χ3n) is 7.33. The van der Waals surface area contributed by atoms with E-state index >= 15 is 0 Å². The number of aryl methyl sites for hydroxylation is 4. The van der Waals surface area contributed by atoms with Crippen LogP contribution in [0, 0.1) is 0 Å². The standard InChI is InChI=1S/C22H22.C16H18.5C2H6/c1-3-17-5-9-19(10-6-17)21-13-15-22(16-14-21)20-11-7-18(4-2)8-12-20;1-3-13-5-9-15(10-6-13)16-11-7-14(4-2)8-12-16;5*1-2/h5-16H,3-4H2,1-2H3;5-12H,3-4H2,1-2H3;5*1-2H3. The first kappa shape index (κ1) is 46.2. The monoisotopic (exact) mass is 647 g/mol. The van der Waals surface area contributed by atoms with Crippen LogP contribution in [0.2, 0.25) is 0 Å². The normalized spacial score (nSPS) is 8.96. The van der Waals surface area contributed by atoms with Crippen molar-refractivity contribution in [2.45, 2.75) is 123 Å². The van der Waals surface area contributed by atoms with E-state index in [9.17, 15) is 0 Å². The van der Waals surface area contributed by atoms with E-state index in [0.29, 0.717) is 0 Å². The van der Waals surface area contributed by atoms with Gasteiger partial charge in [0.25, 0.3) is 0 Å². The highest BCUT2D eigenvalue weighted by Gasteiger charge is 2.01. The van der Waals surface area contributed by atoms with Gasteiger partial charge < -0.3 is 0 Å². The molecule has 0 saturated heterocycles. The van der Waals surface area contributed by atoms with Crippen molar-refractivity contribution in [3.05, 3.63) is 144 Å². The lowest BCUT2D eigenvalue weighted by atomic mass is 9.98. The second-order valence-electron chi connectivity index (χ2n) is 9.78. The zero-order valence-electron chi connectivity index (χ0n) is 33.4. The maximum absolute atomic E-state index is 2.21. The Balaban J connectivity index is 0. The predicted octanol–water partition coefficient (Wildman–Crippen LogP) is 15.8. The van der Waals surface area contributed by atoms with Crippen molar-refractivity contribution in [3.63, 3.8) is 0 Å². The summed E-state index contributed by atoms with van der Waals surface area (Å²) in [5.41, 5.74) is 13.3. The van der Waals surface area contributed by atoms with Gasteiger partial charge in [0, 0.05) is 0 Å². The van der Waals surface area contributed by atoms with Crippen LogP contribution in [0.5, 0.6) is 0 Å². The molecule has 0 heteroatoms. The van der Waals surface area contributed by atoms with Gasteiger partial charge in [-0.25, -0.2) is 0 Å². The van der Waals surface area contributed by atoms with E-state index in [-0.39, 0.29) is 0 Å². The van der Waals surface area contributed by atoms with Crippen molar-refractivity contribution in [2.24, 2.45) is 0 Å². The number of hydrogen-bond donors (Lipinski definition) is 0. The Morgan fingerprint density at radius 2 is 0.312 bits per heavy atom. The van der Waals surface area contributed by atoms with Crippen molar-refractivity contribution < 1.29 is 0 Å². The summed E-state index contributed by atoms with van der Waals surface area (Å²) in [4.78, 5) is 0. The molecular weight excluding hydrogens is 577 g/mol. The fourth-order valence-electron chi connectivity index (χ4n) is 4.59. The fourth-order valence-corrected chi connectivity index (χ4v) is 4.59. The summed E-state index contributed by atoms with van der Waals surface area (Å²) in [6.45, 7) is 28.7. The van der Waals surface area contributed by atoms with Gasteiger partial charge in [0.05, 0.1) is 0 Å². The van der Waals surface area contributed by atoms with Crippen LogP contribution in [-0.4, -0.2) is 0 Å². The van der Waals surface area contributed by atoms with Crippen LogP contribution in [0.25, 0.3) is 33.4 Å². The highest BCUT2D eigenvalue weighted by molar-refractivity contribution is 5.70. The maximum Gasteiger partial charge on any atom is -0.0184 e. The molecule has 48 heavy (non-hydrogen) atoms. The Morgan fingerprint density at radius 1 is 0.208 bits per heavy atom. The lowest BCUT2D eigenvalue weighted by Crippen LogP contribution is -1.83. The molecule has 0 aliphatic heterocycles. The lowest BCUT2D eigenvalue weighted by molar-refractivity contribution is 1.14. The van der Waals surface area contributed by atoms with Gasteiger partial charge in [-0.1, -0.05) is 218 Å². The van der Waals surface area contributed by atoms with Gasteiger partial charge in [-0.05, 0) is 81.3 Å². The molecule has 0 amide bonds. The first-order valence-electron chi connectivity index (χ1n) is 19.1. The minimum absolute atomic E-state index is 1.09. The summed E-state index contributed by atoms with van der Waals surface area (Å²) in [5.74, 6) is 0. The van der Waals surface area contributed by atoms with Crippen molar-refractivity contribution in [2.75, 3.05) is 0 Å². The average Bonchev–Trinajstić information content (AvgIpc) is 3.22. The summed E-state index contributed by atoms with van der Waals surface area (Å²) in [7, 11) is 0. The van der Waals surface area contributed by atoms with Crippen LogP contribution in [-0.2, 0) is 25.7 Å². The quantitative estimate of drug-likeness (QED) is 0.165. The van der Waals surface area contributed by atoms with E-state index < -0.39 is 0 Å². The highest BCUT2D eigenvalue weighted by Crippen LogP contribution is 2.26. The summed E-state index contributed by atoms with van der Waals surface area (Å²) in [6.07, 6.45) is 4.39. The largest absolute Gasteiger partial charge is 0.0683 e. The van der Waals surface area contributed by atoms with Gasteiger partial charge >= 0.3 is 0 Å². The van der Waals surface area contributed by atoms with Crippen LogP contribution in [0.1, 0.15) is 119 Å². The molecule has 5 rings (SSSR count). The molecule has 0 bridgehead atoms. The SMILES string of the molecule is CC.CC.CC.CC.CC.CCc1ccc(-c2ccc(-c3ccc(CC)cc3)cc2)cc1.CCc1ccc(-c2ccc(CC)cc2)cc1. The first-order valence-corrected chi connectivity index (χ1v) is 19.1. The zero-order chi connectivity index (χ0) is 36.7. The molecule has 0 N–H and O–H groups in total. The van der Waals surface area contributed by atoms with Crippen LogP contribution in [0.3, 0.4) is 0 Å². The van der Waals surface area contributed by atoms with Crippen molar-refractivity contribution in [3.8, 4) is 33.4 Å². The zero-order valence-corrected chi connectivity index (χ0v) is 33.4. The van der Waals surface area contributed by atoms with Gasteiger partial charge in [0.2, 0.25) is 0 Å². The summed E-state index contributed by atoms with van der Waals surface area (Å²) < 4.78 is 0. The predicted molar refractivity (Wildman–Crippen MR) is 223 cm³/mol. The third kappa shape index (κ3) is 16.3. The molecule has 0 fully saturated rings. The van der Waals surface area contributed by atoms with Gasteiger partial charge in [0.15, 0.2) is 0 Å². The van der Waals surface area contributed by atoms with Crippen molar-refractivity contribution in [1.29, 1.82) is 0 Å². The molecule has 0 aliphatic rings. The van der Waals surface area contributed by atoms with Gasteiger partial charge in [0.1, 0.15) is 0 Å². The van der Waals surface area contributed by atoms with Gasteiger partial charge in [-0.3, -0.25) is 0 Å². The van der Waals surface area contributed by atoms with Crippen molar-refractivity contribution >= 4 is 0 Å². The van der Waals surface area contributed by atoms with Crippen LogP contribution in [0.4, 0.5) is 0 Å². The van der Waals surface area contributed by atoms with Crippen LogP contribution >= 0.6 is 0 Å². The molecule has 0 unspecified atom stereocenters. The van der Waals surface area contributed by atoms with E-state index in [2.05, 4.69) is 149 Å². The Labute approximate surface area is 298 Å². The molecule has 0 spiro atoms. The van der Waals surface area contributed by atoms with E-state index in [1.807, 2.05) is 69.2 Å². The smallest absolute Gasteiger partial charge is 0.0184 e. The molecule has 5 aromatic carbocycles. The molecule has 0 atom stereocenters. The van der Waals surface area contributed by atoms with Crippen molar-refractivity contribution in [1.82, 2.24) is 0 Å². The second kappa shape index (κ2) is 30.4. The number of hydrogen-bond acceptors (Lipinski definition) is 0. The molecule has 5 aromatic rings. The molecule has 0 radical (unpaired) electrons. The minimum Gasteiger partial charge on any atom is -0.0683 e.